The summed E-state index contributed by atoms with van der Waals surface area (Å²) in [6, 6.07) is 74.1. The van der Waals surface area contributed by atoms with Gasteiger partial charge < -0.3 is 14.2 Å². The van der Waals surface area contributed by atoms with Gasteiger partial charge in [0.05, 0.1) is 0 Å². The topological polar surface area (TPSA) is 17.4 Å². The van der Waals surface area contributed by atoms with E-state index in [1.54, 1.807) is 0 Å². The number of nitrogens with zero attached hydrogens (tertiary/aromatic N) is 2. The van der Waals surface area contributed by atoms with Gasteiger partial charge in [-0.3, -0.25) is 0 Å². The molecule has 3 heterocycles. The average molecular weight is 729 g/mol. The molecule has 54 heavy (non-hydrogen) atoms. The van der Waals surface area contributed by atoms with Crippen molar-refractivity contribution in [2.45, 2.75) is 6.92 Å². The molecular formula is C49H34BN2OV-3. The van der Waals surface area contributed by atoms with Gasteiger partial charge in [0.1, 0.15) is 5.75 Å². The summed E-state index contributed by atoms with van der Waals surface area (Å²) in [5.74, 6) is 1.83. The molecule has 3 nitrogen and oxygen atoms in total. The number of fused-ring (bicyclic) bond motifs is 7. The van der Waals surface area contributed by atoms with E-state index in [0.29, 0.717) is 0 Å². The van der Waals surface area contributed by atoms with Crippen LogP contribution in [0.5, 0.6) is 11.5 Å². The third-order valence-corrected chi connectivity index (χ3v) is 9.86. The van der Waals surface area contributed by atoms with E-state index in [9.17, 15) is 0 Å². The first-order valence-corrected chi connectivity index (χ1v) is 17.9. The van der Waals surface area contributed by atoms with E-state index in [4.69, 9.17) is 4.74 Å². The van der Waals surface area contributed by atoms with Crippen molar-refractivity contribution in [2.75, 3.05) is 4.90 Å². The molecule has 0 saturated heterocycles. The maximum Gasteiger partial charge on any atom is 0.231 e. The van der Waals surface area contributed by atoms with Gasteiger partial charge in [-0.1, -0.05) is 91.3 Å². The van der Waals surface area contributed by atoms with Crippen LogP contribution >= 0.6 is 0 Å². The Balaban J connectivity index is 0.000000133. The Morgan fingerprint density at radius 3 is 1.96 bits per heavy atom. The van der Waals surface area contributed by atoms with Gasteiger partial charge in [0.15, 0.2) is 0 Å². The molecule has 1 radical (unpaired) electrons. The van der Waals surface area contributed by atoms with Crippen LogP contribution in [0.3, 0.4) is 0 Å². The van der Waals surface area contributed by atoms with Crippen molar-refractivity contribution >= 4 is 62.0 Å². The van der Waals surface area contributed by atoms with Gasteiger partial charge in [0.25, 0.3) is 0 Å². The molecule has 1 aromatic heterocycles. The minimum atomic E-state index is 0. The Hall–Kier alpha value is -6.19. The second-order valence-electron chi connectivity index (χ2n) is 13.1. The van der Waals surface area contributed by atoms with Crippen molar-refractivity contribution in [1.82, 2.24) is 4.57 Å². The zero-order chi connectivity index (χ0) is 35.6. The molecular weight excluding hydrogens is 694 g/mol. The number of benzene rings is 8. The Morgan fingerprint density at radius 2 is 1.19 bits per heavy atom. The molecule has 257 valence electrons. The fourth-order valence-corrected chi connectivity index (χ4v) is 7.54. The molecule has 2 aliphatic heterocycles. The normalized spacial score (nSPS) is 11.7. The van der Waals surface area contributed by atoms with Crippen LogP contribution in [0.25, 0.3) is 27.5 Å². The Labute approximate surface area is 329 Å². The van der Waals surface area contributed by atoms with E-state index in [-0.39, 0.29) is 25.3 Å². The van der Waals surface area contributed by atoms with Crippen molar-refractivity contribution < 1.29 is 23.3 Å². The molecule has 5 heteroatoms. The molecule has 0 saturated carbocycles. The zero-order valence-electron chi connectivity index (χ0n) is 29.7. The summed E-state index contributed by atoms with van der Waals surface area (Å²) >= 11 is 0. The molecule has 0 fully saturated rings. The summed E-state index contributed by atoms with van der Waals surface area (Å²) in [6.07, 6.45) is 0. The maximum absolute atomic E-state index is 6.27. The van der Waals surface area contributed by atoms with E-state index in [1.807, 2.05) is 54.6 Å². The third-order valence-electron chi connectivity index (χ3n) is 9.86. The standard InChI is InChI=1S/C24H15BNO.C18H12N.C7H7.V/c1-2-9-17(10-3-1)26-20-13-6-4-11-18(20)25-19-12-5-7-15-22(19)27-23-16-8-14-21(26)24(23)25;1-2-8-14(9-3-1)19-17-12-6-4-10-15(17)16-11-5-7-13-18(16)19;1-7-5-3-2-4-6-7;/h1-6,8-16H;1-12H;3-6H,1H3;/q3*-1;. The van der Waals surface area contributed by atoms with Gasteiger partial charge in [0.2, 0.25) is 6.71 Å². The molecule has 11 rings (SSSR count). The Morgan fingerprint density at radius 1 is 0.519 bits per heavy atom. The fourth-order valence-electron chi connectivity index (χ4n) is 7.54. The van der Waals surface area contributed by atoms with Gasteiger partial charge in [-0.25, -0.2) is 0 Å². The number of hydrogen-bond donors (Lipinski definition) is 0. The first-order valence-electron chi connectivity index (χ1n) is 17.9. The predicted molar refractivity (Wildman–Crippen MR) is 221 cm³/mol. The number of anilines is 3. The molecule has 2 aliphatic rings. The van der Waals surface area contributed by atoms with Gasteiger partial charge in [-0.2, -0.15) is 78.4 Å². The zero-order valence-corrected chi connectivity index (χ0v) is 31.1. The molecule has 0 spiro atoms. The van der Waals surface area contributed by atoms with Gasteiger partial charge in [0, 0.05) is 52.6 Å². The van der Waals surface area contributed by atoms with Crippen molar-refractivity contribution in [1.29, 1.82) is 0 Å². The Bertz CT molecular complexity index is 2620. The molecule has 0 bridgehead atoms. The van der Waals surface area contributed by atoms with E-state index in [2.05, 4.69) is 168 Å². The smallest absolute Gasteiger partial charge is 0.231 e. The second-order valence-corrected chi connectivity index (χ2v) is 13.1. The van der Waals surface area contributed by atoms with Crippen LogP contribution in [0.2, 0.25) is 0 Å². The summed E-state index contributed by atoms with van der Waals surface area (Å²) < 4.78 is 8.53. The van der Waals surface area contributed by atoms with Crippen LogP contribution < -0.4 is 26.0 Å². The van der Waals surface area contributed by atoms with Crippen molar-refractivity contribution in [2.24, 2.45) is 0 Å². The monoisotopic (exact) mass is 728 g/mol. The summed E-state index contributed by atoms with van der Waals surface area (Å²) in [4.78, 5) is 2.34. The molecule has 0 atom stereocenters. The molecule has 0 aliphatic carbocycles. The predicted octanol–water partition coefficient (Wildman–Crippen LogP) is 10.3. The van der Waals surface area contributed by atoms with Crippen LogP contribution in [0.4, 0.5) is 17.1 Å². The number of aromatic nitrogens is 1. The summed E-state index contributed by atoms with van der Waals surface area (Å²) in [5, 5.41) is 2.53. The molecule has 0 amide bonds. The first kappa shape index (κ1) is 34.9. The van der Waals surface area contributed by atoms with Gasteiger partial charge in [-0.15, -0.1) is 16.9 Å². The number of aryl methyl sites for hydroxylation is 1. The average Bonchev–Trinajstić information content (AvgIpc) is 3.57. The molecule has 0 N–H and O–H groups in total. The Kier molecular flexibility index (Phi) is 9.96. The third kappa shape index (κ3) is 6.41. The maximum atomic E-state index is 6.27. The second kappa shape index (κ2) is 15.4. The van der Waals surface area contributed by atoms with Crippen LogP contribution in [-0.2, 0) is 18.6 Å². The largest absolute Gasteiger partial charge is 0.518 e. The number of para-hydroxylation sites is 5. The van der Waals surface area contributed by atoms with Crippen LogP contribution in [0, 0.1) is 25.1 Å². The summed E-state index contributed by atoms with van der Waals surface area (Å²) in [6.45, 7) is 2.24. The van der Waals surface area contributed by atoms with Crippen molar-refractivity contribution in [3.8, 4) is 17.2 Å². The van der Waals surface area contributed by atoms with Gasteiger partial charge in [-0.05, 0) is 64.8 Å². The van der Waals surface area contributed by atoms with E-state index in [0.717, 1.165) is 22.7 Å². The molecule has 0 unspecified atom stereocenters. The van der Waals surface area contributed by atoms with Crippen molar-refractivity contribution in [3.63, 3.8) is 0 Å². The minimum absolute atomic E-state index is 0. The first-order chi connectivity index (χ1) is 26.3. The number of ether oxygens (including phenoxy) is 1. The number of hydrogen-bond acceptors (Lipinski definition) is 2. The quantitative estimate of drug-likeness (QED) is 0.130. The van der Waals surface area contributed by atoms with Crippen LogP contribution in [-0.4, -0.2) is 11.3 Å². The molecule has 9 aromatic rings. The van der Waals surface area contributed by atoms with Gasteiger partial charge >= 0.3 is 0 Å². The summed E-state index contributed by atoms with van der Waals surface area (Å²) in [7, 11) is 0. The SMILES string of the molecule is Cc1cc[c-]cc1.[V].[c-]1ccc2c(c1)Oc1cccc3c1B2c1ccccc1N3c1ccccc1.[c-]1cccc2c3ccccc3n(-c3ccccc3)c12. The fraction of sp³-hybridized carbons (Fsp3) is 0.0204. The summed E-state index contributed by atoms with van der Waals surface area (Å²) in [5.41, 5.74) is 12.1. The minimum Gasteiger partial charge on any atom is -0.518 e. The van der Waals surface area contributed by atoms with E-state index < -0.39 is 0 Å². The van der Waals surface area contributed by atoms with E-state index >= 15 is 0 Å². The van der Waals surface area contributed by atoms with Crippen LogP contribution in [0.1, 0.15) is 5.56 Å². The van der Waals surface area contributed by atoms with Crippen molar-refractivity contribution in [3.05, 3.63) is 212 Å². The van der Waals surface area contributed by atoms with E-state index in [1.165, 1.54) is 55.3 Å². The van der Waals surface area contributed by atoms with Crippen LogP contribution in [0.15, 0.2) is 188 Å². The number of rotatable bonds is 2. The molecule has 8 aromatic carbocycles.